The molecule has 1 aromatic carbocycles. The molecule has 2 aliphatic rings. The second-order valence-corrected chi connectivity index (χ2v) is 6.03. The molecular weight excluding hydrogens is 248 g/mol. The predicted molar refractivity (Wildman–Crippen MR) is 80.3 cm³/mol. The van der Waals surface area contributed by atoms with Crippen molar-refractivity contribution in [1.82, 2.24) is 10.2 Å². The summed E-state index contributed by atoms with van der Waals surface area (Å²) in [5.41, 5.74) is 1.25. The monoisotopic (exact) mass is 272 g/mol. The number of likely N-dealkylation sites (tertiary alicyclic amines) is 1. The maximum atomic E-state index is 12.5. The summed E-state index contributed by atoms with van der Waals surface area (Å²) in [6.45, 7) is 1.73. The highest BCUT2D eigenvalue weighted by molar-refractivity contribution is 5.84. The quantitative estimate of drug-likeness (QED) is 0.914. The van der Waals surface area contributed by atoms with E-state index in [2.05, 4.69) is 22.3 Å². The molecule has 3 nitrogen and oxygen atoms in total. The molecule has 1 saturated heterocycles. The van der Waals surface area contributed by atoms with E-state index in [0.29, 0.717) is 11.9 Å². The highest BCUT2D eigenvalue weighted by Crippen LogP contribution is 2.26. The van der Waals surface area contributed by atoms with Crippen LogP contribution in [0.25, 0.3) is 0 Å². The molecule has 0 spiro atoms. The van der Waals surface area contributed by atoms with E-state index in [0.717, 1.165) is 19.5 Å². The van der Waals surface area contributed by atoms with Crippen LogP contribution in [-0.2, 0) is 11.3 Å². The second kappa shape index (κ2) is 6.40. The molecule has 1 aliphatic carbocycles. The first-order chi connectivity index (χ1) is 9.84. The molecule has 1 amide bonds. The van der Waals surface area contributed by atoms with Crippen molar-refractivity contribution in [2.75, 3.05) is 6.54 Å². The summed E-state index contributed by atoms with van der Waals surface area (Å²) in [4.78, 5) is 14.6. The average Bonchev–Trinajstić information content (AvgIpc) is 2.88. The highest BCUT2D eigenvalue weighted by atomic mass is 16.2. The molecule has 1 aliphatic heterocycles. The number of nitrogens with zero attached hydrogens (tertiary/aromatic N) is 1. The Labute approximate surface area is 121 Å². The lowest BCUT2D eigenvalue weighted by molar-refractivity contribution is -0.131. The fourth-order valence-electron chi connectivity index (χ4n) is 3.48. The molecule has 3 rings (SSSR count). The van der Waals surface area contributed by atoms with Gasteiger partial charge in [-0.2, -0.15) is 0 Å². The molecular formula is C17H24N2O. The van der Waals surface area contributed by atoms with Crippen molar-refractivity contribution in [1.29, 1.82) is 0 Å². The Morgan fingerprint density at radius 2 is 1.80 bits per heavy atom. The van der Waals surface area contributed by atoms with Gasteiger partial charge in [-0.1, -0.05) is 49.6 Å². The molecule has 0 radical (unpaired) electrons. The minimum atomic E-state index is 0.0251. The third-order valence-electron chi connectivity index (χ3n) is 4.65. The van der Waals surface area contributed by atoms with Gasteiger partial charge in [-0.05, 0) is 24.8 Å². The van der Waals surface area contributed by atoms with Crippen LogP contribution in [0.3, 0.4) is 0 Å². The van der Waals surface area contributed by atoms with Crippen molar-refractivity contribution >= 4 is 5.91 Å². The largest absolute Gasteiger partial charge is 0.338 e. The summed E-state index contributed by atoms with van der Waals surface area (Å²) in [6, 6.07) is 10.9. The van der Waals surface area contributed by atoms with Crippen LogP contribution in [-0.4, -0.2) is 29.4 Å². The van der Waals surface area contributed by atoms with Crippen LogP contribution < -0.4 is 5.32 Å². The normalized spacial score (nSPS) is 24.3. The van der Waals surface area contributed by atoms with Crippen molar-refractivity contribution in [3.05, 3.63) is 35.9 Å². The number of carbonyl (C=O) groups excluding carboxylic acids is 1. The van der Waals surface area contributed by atoms with Crippen molar-refractivity contribution in [2.24, 2.45) is 0 Å². The lowest BCUT2D eigenvalue weighted by Gasteiger charge is -2.31. The molecule has 1 N–H and O–H groups in total. The Hall–Kier alpha value is -1.35. The zero-order chi connectivity index (χ0) is 13.8. The Bertz CT molecular complexity index is 440. The minimum Gasteiger partial charge on any atom is -0.338 e. The van der Waals surface area contributed by atoms with Gasteiger partial charge < -0.3 is 10.2 Å². The van der Waals surface area contributed by atoms with Crippen LogP contribution in [0.5, 0.6) is 0 Å². The predicted octanol–water partition coefficient (Wildman–Crippen LogP) is 2.71. The first kappa shape index (κ1) is 13.6. The third kappa shape index (κ3) is 3.04. The standard InChI is InChI=1S/C17H24N2O/c20-17-16(18-13-14-7-3-1-4-8-14)11-12-19(17)15-9-5-2-6-10-15/h1,3-4,7-8,15-16,18H,2,5-6,9-13H2. The summed E-state index contributed by atoms with van der Waals surface area (Å²) in [5.74, 6) is 0.327. The average molecular weight is 272 g/mol. The molecule has 2 fully saturated rings. The SMILES string of the molecule is O=C1C(NCc2ccccc2)CCN1C1CCCCC1. The number of nitrogens with one attached hydrogen (secondary N) is 1. The molecule has 1 atom stereocenters. The number of rotatable bonds is 4. The maximum absolute atomic E-state index is 12.5. The van der Waals surface area contributed by atoms with E-state index in [-0.39, 0.29) is 6.04 Å². The lowest BCUT2D eigenvalue weighted by atomic mass is 9.94. The van der Waals surface area contributed by atoms with Gasteiger partial charge in [-0.25, -0.2) is 0 Å². The molecule has 1 saturated carbocycles. The van der Waals surface area contributed by atoms with Crippen LogP contribution in [0.1, 0.15) is 44.1 Å². The van der Waals surface area contributed by atoms with Crippen LogP contribution in [0.2, 0.25) is 0 Å². The summed E-state index contributed by atoms with van der Waals surface area (Å²) >= 11 is 0. The first-order valence-electron chi connectivity index (χ1n) is 7.92. The van der Waals surface area contributed by atoms with Gasteiger partial charge in [0.15, 0.2) is 0 Å². The van der Waals surface area contributed by atoms with Gasteiger partial charge in [0, 0.05) is 19.1 Å². The highest BCUT2D eigenvalue weighted by Gasteiger charge is 2.35. The topological polar surface area (TPSA) is 32.3 Å². The van der Waals surface area contributed by atoms with E-state index in [1.165, 1.54) is 37.7 Å². The zero-order valence-electron chi connectivity index (χ0n) is 12.1. The number of benzene rings is 1. The zero-order valence-corrected chi connectivity index (χ0v) is 12.1. The number of amides is 1. The van der Waals surface area contributed by atoms with Crippen LogP contribution in [0.4, 0.5) is 0 Å². The molecule has 1 heterocycles. The lowest BCUT2D eigenvalue weighted by Crippen LogP contribution is -2.43. The van der Waals surface area contributed by atoms with Crippen molar-refractivity contribution < 1.29 is 4.79 Å². The molecule has 1 aromatic rings. The molecule has 0 aromatic heterocycles. The van der Waals surface area contributed by atoms with Crippen molar-refractivity contribution in [3.63, 3.8) is 0 Å². The number of carbonyl (C=O) groups is 1. The van der Waals surface area contributed by atoms with E-state index < -0.39 is 0 Å². The summed E-state index contributed by atoms with van der Waals surface area (Å²) < 4.78 is 0. The van der Waals surface area contributed by atoms with Gasteiger partial charge in [0.2, 0.25) is 5.91 Å². The van der Waals surface area contributed by atoms with Gasteiger partial charge in [-0.15, -0.1) is 0 Å². The van der Waals surface area contributed by atoms with E-state index in [9.17, 15) is 4.79 Å². The van der Waals surface area contributed by atoms with Crippen LogP contribution in [0, 0.1) is 0 Å². The van der Waals surface area contributed by atoms with E-state index in [1.807, 2.05) is 18.2 Å². The van der Waals surface area contributed by atoms with Crippen LogP contribution >= 0.6 is 0 Å². The number of hydrogen-bond acceptors (Lipinski definition) is 2. The molecule has 108 valence electrons. The van der Waals surface area contributed by atoms with Crippen molar-refractivity contribution in [2.45, 2.75) is 57.2 Å². The maximum Gasteiger partial charge on any atom is 0.240 e. The van der Waals surface area contributed by atoms with Crippen LogP contribution in [0.15, 0.2) is 30.3 Å². The fourth-order valence-corrected chi connectivity index (χ4v) is 3.48. The van der Waals surface area contributed by atoms with Gasteiger partial charge in [0.1, 0.15) is 0 Å². The molecule has 1 unspecified atom stereocenters. The van der Waals surface area contributed by atoms with Gasteiger partial charge >= 0.3 is 0 Å². The molecule has 0 bridgehead atoms. The van der Waals surface area contributed by atoms with E-state index in [4.69, 9.17) is 0 Å². The Morgan fingerprint density at radius 3 is 2.55 bits per heavy atom. The van der Waals surface area contributed by atoms with Gasteiger partial charge in [-0.3, -0.25) is 4.79 Å². The molecule has 3 heteroatoms. The minimum absolute atomic E-state index is 0.0251. The molecule has 20 heavy (non-hydrogen) atoms. The smallest absolute Gasteiger partial charge is 0.240 e. The van der Waals surface area contributed by atoms with Crippen molar-refractivity contribution in [3.8, 4) is 0 Å². The third-order valence-corrected chi connectivity index (χ3v) is 4.65. The summed E-state index contributed by atoms with van der Waals surface area (Å²) in [6.07, 6.45) is 7.29. The Balaban J connectivity index is 1.53. The number of hydrogen-bond donors (Lipinski definition) is 1. The van der Waals surface area contributed by atoms with Gasteiger partial charge in [0.05, 0.1) is 6.04 Å². The van der Waals surface area contributed by atoms with E-state index in [1.54, 1.807) is 0 Å². The fraction of sp³-hybridized carbons (Fsp3) is 0.588. The first-order valence-corrected chi connectivity index (χ1v) is 7.92. The van der Waals surface area contributed by atoms with E-state index >= 15 is 0 Å². The summed E-state index contributed by atoms with van der Waals surface area (Å²) in [5, 5.41) is 3.43. The Morgan fingerprint density at radius 1 is 1.05 bits per heavy atom. The van der Waals surface area contributed by atoms with Gasteiger partial charge in [0.25, 0.3) is 0 Å². The Kier molecular flexibility index (Phi) is 4.36. The second-order valence-electron chi connectivity index (χ2n) is 6.03. The summed E-state index contributed by atoms with van der Waals surface area (Å²) in [7, 11) is 0.